The average molecular weight is 451 g/mol. The van der Waals surface area contributed by atoms with E-state index in [0.29, 0.717) is 12.2 Å². The van der Waals surface area contributed by atoms with Crippen LogP contribution in [-0.2, 0) is 20.9 Å². The maximum atomic E-state index is 12.1. The van der Waals surface area contributed by atoms with Crippen LogP contribution in [0.15, 0.2) is 55.0 Å². The van der Waals surface area contributed by atoms with Crippen LogP contribution in [0.3, 0.4) is 0 Å². The summed E-state index contributed by atoms with van der Waals surface area (Å²) < 4.78 is 9.81. The molecule has 3 aromatic rings. The third-order valence-electron chi connectivity index (χ3n) is 4.78. The number of fused-ring (bicyclic) bond motifs is 1. The Balaban J connectivity index is 0.000000383. The topological polar surface area (TPSA) is 105 Å². The Hall–Kier alpha value is -3.81. The van der Waals surface area contributed by atoms with Gasteiger partial charge in [0.1, 0.15) is 17.9 Å². The highest BCUT2D eigenvalue weighted by molar-refractivity contribution is 5.94. The van der Waals surface area contributed by atoms with Gasteiger partial charge in [0.15, 0.2) is 0 Å². The van der Waals surface area contributed by atoms with Crippen molar-refractivity contribution in [3.63, 3.8) is 0 Å². The van der Waals surface area contributed by atoms with Crippen molar-refractivity contribution in [1.29, 1.82) is 0 Å². The lowest BCUT2D eigenvalue weighted by molar-refractivity contribution is -0.138. The highest BCUT2D eigenvalue weighted by atomic mass is 16.5. The predicted molar refractivity (Wildman–Crippen MR) is 128 cm³/mol. The van der Waals surface area contributed by atoms with Gasteiger partial charge in [-0.1, -0.05) is 30.3 Å². The van der Waals surface area contributed by atoms with E-state index in [1.54, 1.807) is 6.20 Å². The van der Waals surface area contributed by atoms with Crippen LogP contribution in [-0.4, -0.2) is 34.7 Å². The number of carbonyl (C=O) groups is 2. The van der Waals surface area contributed by atoms with E-state index in [0.717, 1.165) is 41.5 Å². The SMILES string of the molecule is CC(C)(C)OC=O.O=C(Nc1cnc2[nH]cc(C3=CNCCC3)c2c1)OCc1ccccc1. The van der Waals surface area contributed by atoms with Crippen molar-refractivity contribution >= 4 is 34.9 Å². The van der Waals surface area contributed by atoms with Crippen LogP contribution < -0.4 is 10.6 Å². The number of nitrogens with zero attached hydrogens (tertiary/aromatic N) is 1. The second kappa shape index (κ2) is 11.2. The van der Waals surface area contributed by atoms with Crippen LogP contribution in [0.2, 0.25) is 0 Å². The molecular formula is C25H30N4O4. The van der Waals surface area contributed by atoms with Gasteiger partial charge in [0, 0.05) is 29.9 Å². The molecule has 2 aromatic heterocycles. The molecule has 1 aliphatic rings. The Morgan fingerprint density at radius 2 is 2.03 bits per heavy atom. The zero-order valence-corrected chi connectivity index (χ0v) is 19.2. The summed E-state index contributed by atoms with van der Waals surface area (Å²) in [5.74, 6) is 0. The molecule has 0 saturated heterocycles. The third-order valence-corrected chi connectivity index (χ3v) is 4.78. The van der Waals surface area contributed by atoms with Gasteiger partial charge < -0.3 is 19.8 Å². The molecule has 1 amide bonds. The van der Waals surface area contributed by atoms with Gasteiger partial charge >= 0.3 is 6.09 Å². The van der Waals surface area contributed by atoms with E-state index in [1.165, 1.54) is 5.57 Å². The number of carbonyl (C=O) groups excluding carboxylic acids is 2. The molecule has 3 heterocycles. The number of ether oxygens (including phenoxy) is 2. The number of allylic oxidation sites excluding steroid dienone is 1. The van der Waals surface area contributed by atoms with Gasteiger partial charge in [-0.2, -0.15) is 0 Å². The summed E-state index contributed by atoms with van der Waals surface area (Å²) in [5, 5.41) is 7.02. The van der Waals surface area contributed by atoms with E-state index in [4.69, 9.17) is 4.74 Å². The molecule has 8 nitrogen and oxygen atoms in total. The largest absolute Gasteiger partial charge is 0.462 e. The maximum absolute atomic E-state index is 12.1. The monoisotopic (exact) mass is 450 g/mol. The molecule has 1 aromatic carbocycles. The Morgan fingerprint density at radius 3 is 2.67 bits per heavy atom. The smallest absolute Gasteiger partial charge is 0.412 e. The van der Waals surface area contributed by atoms with Gasteiger partial charge in [0.05, 0.1) is 11.9 Å². The number of H-pyrrole nitrogens is 1. The highest BCUT2D eigenvalue weighted by Crippen LogP contribution is 2.29. The zero-order chi connectivity index (χ0) is 23.7. The molecule has 0 bridgehead atoms. The Morgan fingerprint density at radius 1 is 1.24 bits per heavy atom. The Bertz CT molecular complexity index is 1100. The third kappa shape index (κ3) is 7.38. The van der Waals surface area contributed by atoms with Crippen molar-refractivity contribution in [2.45, 2.75) is 45.8 Å². The molecule has 0 unspecified atom stereocenters. The fraction of sp³-hybridized carbons (Fsp3) is 0.320. The number of anilines is 1. The van der Waals surface area contributed by atoms with Crippen LogP contribution in [0.4, 0.5) is 10.5 Å². The molecule has 1 aliphatic heterocycles. The maximum Gasteiger partial charge on any atom is 0.412 e. The standard InChI is InChI=1S/C20H20N4O2.C5H10O2/c25-20(26-13-14-5-2-1-3-6-14)24-16-9-17-18(12-23-19(17)22-11-16)15-7-4-8-21-10-15;1-5(2,3)7-4-6/h1-3,5-6,9-12,21H,4,7-8,13H2,(H,22,23)(H,24,25);4H,1-3H3. The fourth-order valence-corrected chi connectivity index (χ4v) is 3.22. The van der Waals surface area contributed by atoms with E-state index >= 15 is 0 Å². The van der Waals surface area contributed by atoms with Crippen molar-refractivity contribution < 1.29 is 19.1 Å². The summed E-state index contributed by atoms with van der Waals surface area (Å²) in [6.07, 6.45) is 7.28. The van der Waals surface area contributed by atoms with Gasteiger partial charge in [-0.05, 0) is 50.8 Å². The predicted octanol–water partition coefficient (Wildman–Crippen LogP) is 4.99. The van der Waals surface area contributed by atoms with Gasteiger partial charge in [-0.25, -0.2) is 9.78 Å². The summed E-state index contributed by atoms with van der Waals surface area (Å²) in [6, 6.07) is 11.5. The minimum absolute atomic E-state index is 0.232. The first-order chi connectivity index (χ1) is 15.9. The summed E-state index contributed by atoms with van der Waals surface area (Å²) in [5.41, 5.74) is 4.40. The first-order valence-electron chi connectivity index (χ1n) is 10.8. The van der Waals surface area contributed by atoms with E-state index in [-0.39, 0.29) is 12.2 Å². The number of hydrogen-bond acceptors (Lipinski definition) is 6. The minimum Gasteiger partial charge on any atom is -0.462 e. The molecule has 0 fully saturated rings. The lowest BCUT2D eigenvalue weighted by atomic mass is 10.0. The van der Waals surface area contributed by atoms with Gasteiger partial charge in [-0.15, -0.1) is 0 Å². The van der Waals surface area contributed by atoms with Crippen LogP contribution in [0.1, 0.15) is 44.7 Å². The van der Waals surface area contributed by atoms with Crippen molar-refractivity contribution in [1.82, 2.24) is 15.3 Å². The molecule has 33 heavy (non-hydrogen) atoms. The second-order valence-electron chi connectivity index (χ2n) is 8.56. The molecule has 0 saturated carbocycles. The van der Waals surface area contributed by atoms with E-state index < -0.39 is 6.09 Å². The van der Waals surface area contributed by atoms with Crippen molar-refractivity contribution in [3.05, 3.63) is 66.1 Å². The number of pyridine rings is 1. The first kappa shape index (κ1) is 23.8. The van der Waals surface area contributed by atoms with Crippen LogP contribution in [0, 0.1) is 0 Å². The fourth-order valence-electron chi connectivity index (χ4n) is 3.22. The molecule has 0 radical (unpaired) electrons. The normalized spacial score (nSPS) is 13.1. The number of hydrogen-bond donors (Lipinski definition) is 3. The molecule has 0 atom stereocenters. The number of benzene rings is 1. The van der Waals surface area contributed by atoms with Gasteiger partial charge in [0.2, 0.25) is 0 Å². The molecule has 0 aliphatic carbocycles. The number of amides is 1. The molecule has 8 heteroatoms. The first-order valence-corrected chi connectivity index (χ1v) is 10.8. The molecule has 4 rings (SSSR count). The van der Waals surface area contributed by atoms with Gasteiger partial charge in [-0.3, -0.25) is 10.1 Å². The van der Waals surface area contributed by atoms with Crippen LogP contribution >= 0.6 is 0 Å². The summed E-state index contributed by atoms with van der Waals surface area (Å²) in [6.45, 7) is 7.16. The Labute approximate surface area is 193 Å². The van der Waals surface area contributed by atoms with Gasteiger partial charge in [0.25, 0.3) is 6.47 Å². The molecule has 0 spiro atoms. The summed E-state index contributed by atoms with van der Waals surface area (Å²) in [4.78, 5) is 29.2. The number of rotatable bonds is 5. The second-order valence-corrected chi connectivity index (χ2v) is 8.56. The quantitative estimate of drug-likeness (QED) is 0.473. The molecular weight excluding hydrogens is 420 g/mol. The lowest BCUT2D eigenvalue weighted by Crippen LogP contribution is -2.17. The van der Waals surface area contributed by atoms with Crippen LogP contribution in [0.5, 0.6) is 0 Å². The minimum atomic E-state index is -0.495. The number of aromatic nitrogens is 2. The zero-order valence-electron chi connectivity index (χ0n) is 19.2. The van der Waals surface area contributed by atoms with E-state index in [2.05, 4.69) is 31.5 Å². The number of nitrogens with one attached hydrogen (secondary N) is 3. The highest BCUT2D eigenvalue weighted by Gasteiger charge is 2.13. The van der Waals surface area contributed by atoms with Crippen molar-refractivity contribution in [2.24, 2.45) is 0 Å². The van der Waals surface area contributed by atoms with E-state index in [1.807, 2.05) is 63.4 Å². The van der Waals surface area contributed by atoms with Crippen molar-refractivity contribution in [2.75, 3.05) is 11.9 Å². The lowest BCUT2D eigenvalue weighted by Gasteiger charge is -2.14. The summed E-state index contributed by atoms with van der Waals surface area (Å²) >= 11 is 0. The van der Waals surface area contributed by atoms with E-state index in [9.17, 15) is 9.59 Å². The van der Waals surface area contributed by atoms with Crippen molar-refractivity contribution in [3.8, 4) is 0 Å². The molecule has 3 N–H and O–H groups in total. The average Bonchev–Trinajstić information content (AvgIpc) is 3.22. The summed E-state index contributed by atoms with van der Waals surface area (Å²) in [7, 11) is 0. The molecule has 174 valence electrons. The Kier molecular flexibility index (Phi) is 8.07. The number of aromatic amines is 1. The van der Waals surface area contributed by atoms with Crippen LogP contribution in [0.25, 0.3) is 16.6 Å².